The minimum atomic E-state index is -4.03. The van der Waals surface area contributed by atoms with Crippen molar-refractivity contribution >= 4 is 15.7 Å². The number of benzene rings is 1. The molecule has 1 aromatic heterocycles. The van der Waals surface area contributed by atoms with Gasteiger partial charge in [-0.05, 0) is 25.0 Å². The van der Waals surface area contributed by atoms with Crippen LogP contribution >= 0.6 is 0 Å². The topological polar surface area (TPSA) is 82.3 Å². The summed E-state index contributed by atoms with van der Waals surface area (Å²) in [6, 6.07) is 5.37. The van der Waals surface area contributed by atoms with Gasteiger partial charge in [-0.15, -0.1) is 0 Å². The number of rotatable bonds is 7. The fourth-order valence-corrected chi connectivity index (χ4v) is 4.80. The van der Waals surface area contributed by atoms with Gasteiger partial charge in [0.15, 0.2) is 0 Å². The molecule has 0 atom stereocenters. The van der Waals surface area contributed by atoms with Crippen LogP contribution in [0.4, 0.5) is 23.2 Å². The van der Waals surface area contributed by atoms with Crippen molar-refractivity contribution in [2.75, 3.05) is 10.5 Å². The monoisotopic (exact) mass is 437 g/mol. The molecule has 29 heavy (non-hydrogen) atoms. The second kappa shape index (κ2) is 7.39. The maximum atomic E-state index is 12.9. The molecule has 0 saturated heterocycles. The first-order valence-electron chi connectivity index (χ1n) is 8.61. The van der Waals surface area contributed by atoms with Crippen LogP contribution in [0.1, 0.15) is 18.5 Å². The van der Waals surface area contributed by atoms with Crippen LogP contribution in [0, 0.1) is 12.8 Å². The maximum absolute atomic E-state index is 12.9. The molecule has 2 aromatic rings. The summed E-state index contributed by atoms with van der Waals surface area (Å²) in [5.74, 6) is -4.22. The SMILES string of the molecule is Cc1c(NS(=O)(=O)CC2CC(F)(F)C2)c(=O)n(-c2cccc(OC(F)F)c2)n1C. The molecule has 0 amide bonds. The molecule has 1 fully saturated rings. The predicted molar refractivity (Wildman–Crippen MR) is 97.5 cm³/mol. The fourth-order valence-electron chi connectivity index (χ4n) is 3.32. The van der Waals surface area contributed by atoms with E-state index in [2.05, 4.69) is 9.46 Å². The average molecular weight is 437 g/mol. The van der Waals surface area contributed by atoms with Crippen molar-refractivity contribution in [3.05, 3.63) is 40.3 Å². The number of nitrogens with zero attached hydrogens (tertiary/aromatic N) is 2. The summed E-state index contributed by atoms with van der Waals surface area (Å²) in [5.41, 5.74) is -0.527. The van der Waals surface area contributed by atoms with Gasteiger partial charge < -0.3 is 4.74 Å². The number of alkyl halides is 4. The van der Waals surface area contributed by atoms with Gasteiger partial charge in [-0.3, -0.25) is 14.2 Å². The van der Waals surface area contributed by atoms with Crippen LogP contribution < -0.4 is 15.0 Å². The first-order valence-corrected chi connectivity index (χ1v) is 10.3. The Balaban J connectivity index is 1.89. The molecule has 1 saturated carbocycles. The number of nitrogens with one attached hydrogen (secondary N) is 1. The van der Waals surface area contributed by atoms with Crippen molar-refractivity contribution < 1.29 is 30.7 Å². The highest BCUT2D eigenvalue weighted by Crippen LogP contribution is 2.43. The highest BCUT2D eigenvalue weighted by Gasteiger charge is 2.46. The first-order chi connectivity index (χ1) is 13.4. The third-order valence-corrected chi connectivity index (χ3v) is 6.15. The molecule has 0 aliphatic heterocycles. The average Bonchev–Trinajstić information content (AvgIpc) is 2.76. The van der Waals surface area contributed by atoms with Crippen LogP contribution in [0.2, 0.25) is 0 Å². The zero-order valence-electron chi connectivity index (χ0n) is 15.5. The summed E-state index contributed by atoms with van der Waals surface area (Å²) in [5, 5.41) is 0. The van der Waals surface area contributed by atoms with Crippen molar-refractivity contribution in [2.45, 2.75) is 32.3 Å². The minimum Gasteiger partial charge on any atom is -0.435 e. The number of halogens is 4. The number of hydrogen-bond acceptors (Lipinski definition) is 4. The standard InChI is InChI=1S/C17H19F4N3O4S/c1-10-14(22-29(26,27)9-11-7-17(20,21)8-11)15(25)24(23(10)2)12-4-3-5-13(6-12)28-16(18)19/h3-6,11,16,22H,7-9H2,1-2H3. The molecule has 3 rings (SSSR count). The molecule has 1 N–H and O–H groups in total. The highest BCUT2D eigenvalue weighted by molar-refractivity contribution is 7.92. The van der Waals surface area contributed by atoms with Gasteiger partial charge in [-0.25, -0.2) is 21.9 Å². The molecular weight excluding hydrogens is 418 g/mol. The molecule has 7 nitrogen and oxygen atoms in total. The van der Waals surface area contributed by atoms with Gasteiger partial charge in [0, 0.05) is 26.0 Å². The van der Waals surface area contributed by atoms with Gasteiger partial charge in [0.05, 0.1) is 17.1 Å². The minimum absolute atomic E-state index is 0.170. The van der Waals surface area contributed by atoms with Gasteiger partial charge in [0.1, 0.15) is 11.4 Å². The van der Waals surface area contributed by atoms with Crippen LogP contribution in [0.15, 0.2) is 29.1 Å². The first kappa shape index (κ1) is 21.2. The second-order valence-electron chi connectivity index (χ2n) is 6.99. The quantitative estimate of drug-likeness (QED) is 0.676. The molecule has 160 valence electrons. The number of aromatic nitrogens is 2. The number of ether oxygens (including phenoxy) is 1. The van der Waals surface area contributed by atoms with Gasteiger partial charge in [0.2, 0.25) is 15.9 Å². The van der Waals surface area contributed by atoms with Crippen molar-refractivity contribution in [3.63, 3.8) is 0 Å². The Hall–Kier alpha value is -2.50. The Labute approximate surface area is 163 Å². The molecule has 0 bridgehead atoms. The Morgan fingerprint density at radius 2 is 1.97 bits per heavy atom. The smallest absolute Gasteiger partial charge is 0.387 e. The van der Waals surface area contributed by atoms with Crippen LogP contribution in [0.3, 0.4) is 0 Å². The Morgan fingerprint density at radius 1 is 1.31 bits per heavy atom. The fraction of sp³-hybridized carbons (Fsp3) is 0.471. The van der Waals surface area contributed by atoms with E-state index in [0.717, 1.165) is 4.68 Å². The van der Waals surface area contributed by atoms with Crippen molar-refractivity contribution in [1.29, 1.82) is 0 Å². The van der Waals surface area contributed by atoms with E-state index in [1.54, 1.807) is 0 Å². The molecule has 0 unspecified atom stereocenters. The summed E-state index contributed by atoms with van der Waals surface area (Å²) < 4.78 is 84.4. The molecule has 0 radical (unpaired) electrons. The van der Waals surface area contributed by atoms with E-state index in [4.69, 9.17) is 0 Å². The van der Waals surface area contributed by atoms with E-state index in [1.807, 2.05) is 0 Å². The van der Waals surface area contributed by atoms with Crippen LogP contribution in [-0.2, 0) is 17.1 Å². The zero-order valence-corrected chi connectivity index (χ0v) is 16.3. The van der Waals surface area contributed by atoms with E-state index in [1.165, 1.54) is 42.9 Å². The van der Waals surface area contributed by atoms with E-state index in [9.17, 15) is 30.8 Å². The van der Waals surface area contributed by atoms with E-state index in [0.29, 0.717) is 0 Å². The van der Waals surface area contributed by atoms with Crippen LogP contribution in [0.5, 0.6) is 5.75 Å². The summed E-state index contributed by atoms with van der Waals surface area (Å²) in [6.07, 6.45) is -1.02. The molecule has 0 spiro atoms. The molecule has 1 aromatic carbocycles. The zero-order chi connectivity index (χ0) is 21.6. The van der Waals surface area contributed by atoms with Gasteiger partial charge >= 0.3 is 6.61 Å². The summed E-state index contributed by atoms with van der Waals surface area (Å²) >= 11 is 0. The lowest BCUT2D eigenvalue weighted by Gasteiger charge is -2.34. The number of sulfonamides is 1. The van der Waals surface area contributed by atoms with Crippen LogP contribution in [-0.4, -0.2) is 36.1 Å². The Bertz CT molecular complexity index is 1070. The second-order valence-corrected chi connectivity index (χ2v) is 8.76. The van der Waals surface area contributed by atoms with Gasteiger partial charge in [-0.1, -0.05) is 6.07 Å². The van der Waals surface area contributed by atoms with Crippen LogP contribution in [0.25, 0.3) is 5.69 Å². The van der Waals surface area contributed by atoms with Crippen molar-refractivity contribution in [2.24, 2.45) is 13.0 Å². The number of hydrogen-bond donors (Lipinski definition) is 1. The summed E-state index contributed by atoms with van der Waals surface area (Å²) in [4.78, 5) is 12.8. The van der Waals surface area contributed by atoms with Gasteiger partial charge in [-0.2, -0.15) is 8.78 Å². The lowest BCUT2D eigenvalue weighted by atomic mass is 9.83. The highest BCUT2D eigenvalue weighted by atomic mass is 32.2. The lowest BCUT2D eigenvalue weighted by Crippen LogP contribution is -2.40. The largest absolute Gasteiger partial charge is 0.435 e. The third kappa shape index (κ3) is 4.57. The molecule has 1 aliphatic carbocycles. The third-order valence-electron chi connectivity index (χ3n) is 4.73. The van der Waals surface area contributed by atoms with Gasteiger partial charge in [0.25, 0.3) is 5.56 Å². The Morgan fingerprint density at radius 3 is 2.55 bits per heavy atom. The predicted octanol–water partition coefficient (Wildman–Crippen LogP) is 2.87. The maximum Gasteiger partial charge on any atom is 0.387 e. The number of anilines is 1. The summed E-state index contributed by atoms with van der Waals surface area (Å²) in [7, 11) is -2.55. The van der Waals surface area contributed by atoms with Crippen molar-refractivity contribution in [3.8, 4) is 11.4 Å². The van der Waals surface area contributed by atoms with E-state index >= 15 is 0 Å². The van der Waals surface area contributed by atoms with E-state index < -0.39 is 52.6 Å². The lowest BCUT2D eigenvalue weighted by molar-refractivity contribution is -0.103. The molecule has 12 heteroatoms. The Kier molecular flexibility index (Phi) is 5.41. The molecule has 1 aliphatic rings. The van der Waals surface area contributed by atoms with Crippen molar-refractivity contribution in [1.82, 2.24) is 9.36 Å². The van der Waals surface area contributed by atoms with E-state index in [-0.39, 0.29) is 22.8 Å². The molecule has 1 heterocycles. The normalized spacial score (nSPS) is 16.7. The molecular formula is C17H19F4N3O4S. The summed E-state index contributed by atoms with van der Waals surface area (Å²) in [6.45, 7) is -1.55.